The highest BCUT2D eigenvalue weighted by molar-refractivity contribution is 8.00. The highest BCUT2D eigenvalue weighted by Gasteiger charge is 2.21. The first-order valence-corrected chi connectivity index (χ1v) is 7.46. The second-order valence-corrected chi connectivity index (χ2v) is 6.12. The molecule has 96 valence electrons. The monoisotopic (exact) mass is 256 g/mol. The van der Waals surface area contributed by atoms with Gasteiger partial charge in [-0.3, -0.25) is 9.59 Å². The zero-order chi connectivity index (χ0) is 12.1. The summed E-state index contributed by atoms with van der Waals surface area (Å²) in [6, 6.07) is 0. The van der Waals surface area contributed by atoms with Gasteiger partial charge in [0.15, 0.2) is 0 Å². The minimum absolute atomic E-state index is 0.00671. The van der Waals surface area contributed by atoms with Gasteiger partial charge in [-0.1, -0.05) is 0 Å². The molecule has 2 aliphatic rings. The van der Waals surface area contributed by atoms with Crippen LogP contribution in [0.1, 0.15) is 32.1 Å². The Morgan fingerprint density at radius 3 is 3.00 bits per heavy atom. The summed E-state index contributed by atoms with van der Waals surface area (Å²) >= 11 is 1.94. The van der Waals surface area contributed by atoms with Crippen LogP contribution in [0.3, 0.4) is 0 Å². The summed E-state index contributed by atoms with van der Waals surface area (Å²) in [5.74, 6) is 1.33. The molecule has 0 radical (unpaired) electrons. The summed E-state index contributed by atoms with van der Waals surface area (Å²) in [6.45, 7) is 1.74. The number of carbonyl (C=O) groups excluding carboxylic acids is 2. The van der Waals surface area contributed by atoms with E-state index in [4.69, 9.17) is 0 Å². The van der Waals surface area contributed by atoms with E-state index < -0.39 is 0 Å². The van der Waals surface area contributed by atoms with Crippen molar-refractivity contribution in [2.24, 2.45) is 0 Å². The van der Waals surface area contributed by atoms with Gasteiger partial charge in [0.05, 0.1) is 6.54 Å². The average molecular weight is 256 g/mol. The Morgan fingerprint density at radius 2 is 2.29 bits per heavy atom. The molecule has 0 bridgehead atoms. The Kier molecular flexibility index (Phi) is 4.71. The van der Waals surface area contributed by atoms with Gasteiger partial charge in [-0.25, -0.2) is 0 Å². The third-order valence-electron chi connectivity index (χ3n) is 3.31. The molecule has 17 heavy (non-hydrogen) atoms. The van der Waals surface area contributed by atoms with Crippen molar-refractivity contribution in [1.82, 2.24) is 10.2 Å². The predicted molar refractivity (Wildman–Crippen MR) is 68.9 cm³/mol. The fourth-order valence-corrected chi connectivity index (χ4v) is 3.49. The van der Waals surface area contributed by atoms with E-state index in [9.17, 15) is 9.59 Å². The van der Waals surface area contributed by atoms with Gasteiger partial charge < -0.3 is 10.2 Å². The molecule has 0 aliphatic carbocycles. The van der Waals surface area contributed by atoms with Crippen molar-refractivity contribution in [2.45, 2.75) is 37.4 Å². The van der Waals surface area contributed by atoms with E-state index in [0.29, 0.717) is 11.7 Å². The van der Waals surface area contributed by atoms with Gasteiger partial charge in [0.25, 0.3) is 0 Å². The summed E-state index contributed by atoms with van der Waals surface area (Å²) in [5.41, 5.74) is 0. The van der Waals surface area contributed by atoms with E-state index in [1.54, 1.807) is 4.90 Å². The molecule has 0 spiro atoms. The molecule has 2 aliphatic heterocycles. The van der Waals surface area contributed by atoms with E-state index in [-0.39, 0.29) is 18.4 Å². The molecule has 0 aromatic heterocycles. The molecule has 0 aromatic carbocycles. The van der Waals surface area contributed by atoms with Crippen LogP contribution in [0.4, 0.5) is 0 Å². The van der Waals surface area contributed by atoms with Gasteiger partial charge in [-0.05, 0) is 31.4 Å². The molecule has 4 nitrogen and oxygen atoms in total. The Hall–Kier alpha value is -0.710. The third-order valence-corrected chi connectivity index (χ3v) is 4.70. The maximum absolute atomic E-state index is 11.7. The number of piperidine rings is 1. The lowest BCUT2D eigenvalue weighted by molar-refractivity contribution is -0.137. The second kappa shape index (κ2) is 6.28. The number of likely N-dealkylation sites (tertiary alicyclic amines) is 1. The molecule has 2 rings (SSSR count). The van der Waals surface area contributed by atoms with Crippen molar-refractivity contribution in [3.8, 4) is 0 Å². The SMILES string of the molecule is O=C(CN1CCCCC1=O)NCC1CCCS1. The largest absolute Gasteiger partial charge is 0.353 e. The number of thioether (sulfide) groups is 1. The van der Waals surface area contributed by atoms with Gasteiger partial charge in [0.2, 0.25) is 11.8 Å². The van der Waals surface area contributed by atoms with Crippen molar-refractivity contribution < 1.29 is 9.59 Å². The number of amides is 2. The lowest BCUT2D eigenvalue weighted by Gasteiger charge is -2.26. The molecular weight excluding hydrogens is 236 g/mol. The zero-order valence-corrected chi connectivity index (χ0v) is 10.9. The van der Waals surface area contributed by atoms with Crippen LogP contribution in [0.5, 0.6) is 0 Å². The third kappa shape index (κ3) is 3.91. The number of hydrogen-bond donors (Lipinski definition) is 1. The topological polar surface area (TPSA) is 49.4 Å². The van der Waals surface area contributed by atoms with Crippen LogP contribution in [-0.2, 0) is 9.59 Å². The first kappa shape index (κ1) is 12.7. The summed E-state index contributed by atoms with van der Waals surface area (Å²) in [6.07, 6.45) is 5.06. The maximum Gasteiger partial charge on any atom is 0.239 e. The molecule has 1 N–H and O–H groups in total. The summed E-state index contributed by atoms with van der Waals surface area (Å²) in [4.78, 5) is 24.9. The molecule has 5 heteroatoms. The average Bonchev–Trinajstić information content (AvgIpc) is 2.82. The van der Waals surface area contributed by atoms with E-state index in [1.165, 1.54) is 18.6 Å². The molecule has 2 amide bonds. The first-order valence-electron chi connectivity index (χ1n) is 6.42. The maximum atomic E-state index is 11.7. The number of nitrogens with one attached hydrogen (secondary N) is 1. The Labute approximate surface area is 106 Å². The normalized spacial score (nSPS) is 25.1. The van der Waals surface area contributed by atoms with Crippen LogP contribution in [0, 0.1) is 0 Å². The first-order chi connectivity index (χ1) is 8.25. The minimum atomic E-state index is -0.00671. The van der Waals surface area contributed by atoms with Gasteiger partial charge in [-0.2, -0.15) is 11.8 Å². The van der Waals surface area contributed by atoms with Crippen LogP contribution < -0.4 is 5.32 Å². The lowest BCUT2D eigenvalue weighted by atomic mass is 10.1. The highest BCUT2D eigenvalue weighted by Crippen LogP contribution is 2.25. The van der Waals surface area contributed by atoms with Crippen LogP contribution in [0.15, 0.2) is 0 Å². The standard InChI is InChI=1S/C12H20N2O2S/c15-11(13-8-10-4-3-7-17-10)9-14-6-2-1-5-12(14)16/h10H,1-9H2,(H,13,15). The smallest absolute Gasteiger partial charge is 0.239 e. The molecule has 2 heterocycles. The Morgan fingerprint density at radius 1 is 1.41 bits per heavy atom. The molecule has 1 atom stereocenters. The van der Waals surface area contributed by atoms with Crippen molar-refractivity contribution in [3.63, 3.8) is 0 Å². The van der Waals surface area contributed by atoms with Crippen LogP contribution >= 0.6 is 11.8 Å². The van der Waals surface area contributed by atoms with Gasteiger partial charge in [-0.15, -0.1) is 0 Å². The molecule has 0 aromatic rings. The minimum Gasteiger partial charge on any atom is -0.353 e. The van der Waals surface area contributed by atoms with Crippen molar-refractivity contribution in [3.05, 3.63) is 0 Å². The van der Waals surface area contributed by atoms with E-state index >= 15 is 0 Å². The number of hydrogen-bond acceptors (Lipinski definition) is 3. The van der Waals surface area contributed by atoms with Gasteiger partial charge >= 0.3 is 0 Å². The zero-order valence-electron chi connectivity index (χ0n) is 10.1. The Balaban J connectivity index is 1.67. The summed E-state index contributed by atoms with van der Waals surface area (Å²) < 4.78 is 0. The fraction of sp³-hybridized carbons (Fsp3) is 0.833. The van der Waals surface area contributed by atoms with E-state index in [1.807, 2.05) is 11.8 Å². The second-order valence-electron chi connectivity index (χ2n) is 4.71. The number of carbonyl (C=O) groups is 2. The van der Waals surface area contributed by atoms with Crippen LogP contribution in [-0.4, -0.2) is 47.4 Å². The number of rotatable bonds is 4. The Bertz CT molecular complexity index is 290. The molecule has 2 fully saturated rings. The van der Waals surface area contributed by atoms with Crippen LogP contribution in [0.25, 0.3) is 0 Å². The van der Waals surface area contributed by atoms with Gasteiger partial charge in [0.1, 0.15) is 0 Å². The lowest BCUT2D eigenvalue weighted by Crippen LogP contribution is -2.44. The van der Waals surface area contributed by atoms with Crippen LogP contribution in [0.2, 0.25) is 0 Å². The highest BCUT2D eigenvalue weighted by atomic mass is 32.2. The van der Waals surface area contributed by atoms with Crippen molar-refractivity contribution in [2.75, 3.05) is 25.4 Å². The van der Waals surface area contributed by atoms with Crippen molar-refractivity contribution in [1.29, 1.82) is 0 Å². The molecule has 1 unspecified atom stereocenters. The van der Waals surface area contributed by atoms with Crippen molar-refractivity contribution >= 4 is 23.6 Å². The summed E-state index contributed by atoms with van der Waals surface area (Å²) in [7, 11) is 0. The predicted octanol–water partition coefficient (Wildman–Crippen LogP) is 1.01. The molecular formula is C12H20N2O2S. The van der Waals surface area contributed by atoms with E-state index in [2.05, 4.69) is 5.32 Å². The molecule has 2 saturated heterocycles. The fourth-order valence-electron chi connectivity index (χ4n) is 2.29. The summed E-state index contributed by atoms with van der Waals surface area (Å²) in [5, 5.41) is 3.52. The number of nitrogens with zero attached hydrogens (tertiary/aromatic N) is 1. The quantitative estimate of drug-likeness (QED) is 0.816. The molecule has 0 saturated carbocycles. The van der Waals surface area contributed by atoms with E-state index in [0.717, 1.165) is 25.9 Å². The van der Waals surface area contributed by atoms with Gasteiger partial charge in [0, 0.05) is 24.8 Å².